The molecule has 0 aliphatic carbocycles. The smallest absolute Gasteiger partial charge is 0.122 e. The van der Waals surface area contributed by atoms with Gasteiger partial charge in [0, 0.05) is 24.8 Å². The minimum absolute atomic E-state index is 0.295. The van der Waals surface area contributed by atoms with Crippen molar-refractivity contribution < 1.29 is 4.74 Å². The Morgan fingerprint density at radius 1 is 1.18 bits per heavy atom. The maximum absolute atomic E-state index is 6.08. The van der Waals surface area contributed by atoms with Crippen molar-refractivity contribution in [1.82, 2.24) is 0 Å². The number of benzene rings is 2. The molecule has 2 aromatic carbocycles. The quantitative estimate of drug-likeness (QED) is 0.938. The number of rotatable bonds is 4. The van der Waals surface area contributed by atoms with Gasteiger partial charge in [0.25, 0.3) is 0 Å². The average molecular weight is 296 g/mol. The molecule has 2 aromatic rings. The van der Waals surface area contributed by atoms with Crippen molar-refractivity contribution in [2.24, 2.45) is 5.73 Å². The molecular formula is C19H24N2O. The van der Waals surface area contributed by atoms with Gasteiger partial charge in [0.15, 0.2) is 0 Å². The third-order valence-electron chi connectivity index (χ3n) is 4.22. The van der Waals surface area contributed by atoms with Crippen LogP contribution in [0.25, 0.3) is 0 Å². The lowest BCUT2D eigenvalue weighted by atomic mass is 10.1. The summed E-state index contributed by atoms with van der Waals surface area (Å²) in [5.74, 6) is 0.953. The van der Waals surface area contributed by atoms with Gasteiger partial charge in [-0.25, -0.2) is 0 Å². The topological polar surface area (TPSA) is 38.5 Å². The van der Waals surface area contributed by atoms with Crippen molar-refractivity contribution >= 4 is 5.69 Å². The van der Waals surface area contributed by atoms with E-state index in [1.165, 1.54) is 23.2 Å². The predicted molar refractivity (Wildman–Crippen MR) is 91.4 cm³/mol. The second kappa shape index (κ2) is 6.84. The van der Waals surface area contributed by atoms with Gasteiger partial charge in [-0.05, 0) is 49.1 Å². The van der Waals surface area contributed by atoms with Gasteiger partial charge >= 0.3 is 0 Å². The molecule has 1 fully saturated rings. The number of ether oxygens (including phenoxy) is 1. The molecule has 3 nitrogen and oxygen atoms in total. The van der Waals surface area contributed by atoms with Crippen molar-refractivity contribution in [2.45, 2.75) is 32.4 Å². The summed E-state index contributed by atoms with van der Waals surface area (Å²) in [6.45, 7) is 4.75. The molecule has 0 spiro atoms. The van der Waals surface area contributed by atoms with E-state index in [2.05, 4.69) is 42.2 Å². The van der Waals surface area contributed by atoms with Gasteiger partial charge in [0.1, 0.15) is 12.4 Å². The van der Waals surface area contributed by atoms with Gasteiger partial charge in [-0.3, -0.25) is 0 Å². The molecule has 1 aliphatic rings. The van der Waals surface area contributed by atoms with Gasteiger partial charge in [-0.1, -0.05) is 30.3 Å². The molecule has 0 saturated carbocycles. The van der Waals surface area contributed by atoms with Crippen molar-refractivity contribution in [3.05, 3.63) is 59.7 Å². The number of hydrogen-bond acceptors (Lipinski definition) is 3. The lowest BCUT2D eigenvalue weighted by molar-refractivity contribution is 0.304. The van der Waals surface area contributed by atoms with Crippen LogP contribution in [0.4, 0.5) is 5.69 Å². The second-order valence-corrected chi connectivity index (χ2v) is 6.07. The predicted octanol–water partition coefficient (Wildman–Crippen LogP) is 3.50. The van der Waals surface area contributed by atoms with Crippen molar-refractivity contribution in [2.75, 3.05) is 18.0 Å². The molecule has 0 radical (unpaired) electrons. The Kier molecular flexibility index (Phi) is 4.64. The first-order chi connectivity index (χ1) is 10.7. The van der Waals surface area contributed by atoms with Crippen LogP contribution in [0.3, 0.4) is 0 Å². The summed E-state index contributed by atoms with van der Waals surface area (Å²) in [6.07, 6.45) is 2.31. The number of anilines is 1. The van der Waals surface area contributed by atoms with Crippen LogP contribution in [0.2, 0.25) is 0 Å². The van der Waals surface area contributed by atoms with E-state index < -0.39 is 0 Å². The molecule has 116 valence electrons. The van der Waals surface area contributed by atoms with Crippen LogP contribution in [-0.4, -0.2) is 19.1 Å². The molecule has 1 heterocycles. The van der Waals surface area contributed by atoms with Gasteiger partial charge < -0.3 is 15.4 Å². The molecule has 22 heavy (non-hydrogen) atoms. The largest absolute Gasteiger partial charge is 0.489 e. The Bertz CT molecular complexity index is 612. The third kappa shape index (κ3) is 3.60. The Morgan fingerprint density at radius 3 is 2.73 bits per heavy atom. The van der Waals surface area contributed by atoms with E-state index in [0.29, 0.717) is 12.6 Å². The average Bonchev–Trinajstić information content (AvgIpc) is 2.54. The fraction of sp³-hybridized carbons (Fsp3) is 0.368. The van der Waals surface area contributed by atoms with Gasteiger partial charge in [-0.2, -0.15) is 0 Å². The number of nitrogens with zero attached hydrogens (tertiary/aromatic N) is 1. The molecule has 2 N–H and O–H groups in total. The van der Waals surface area contributed by atoms with Crippen LogP contribution in [0.1, 0.15) is 24.0 Å². The van der Waals surface area contributed by atoms with E-state index in [0.717, 1.165) is 25.3 Å². The summed E-state index contributed by atoms with van der Waals surface area (Å²) in [5.41, 5.74) is 9.69. The zero-order valence-corrected chi connectivity index (χ0v) is 13.2. The van der Waals surface area contributed by atoms with Crippen LogP contribution in [0.5, 0.6) is 5.75 Å². The summed E-state index contributed by atoms with van der Waals surface area (Å²) in [6, 6.07) is 17.0. The molecule has 3 heteroatoms. The fourth-order valence-corrected chi connectivity index (χ4v) is 2.97. The van der Waals surface area contributed by atoms with Gasteiger partial charge in [0.05, 0.1) is 0 Å². The van der Waals surface area contributed by atoms with E-state index in [-0.39, 0.29) is 0 Å². The Labute approximate surface area is 132 Å². The van der Waals surface area contributed by atoms with Crippen LogP contribution in [-0.2, 0) is 6.61 Å². The number of nitrogens with two attached hydrogens (primary N) is 1. The number of piperidine rings is 1. The minimum Gasteiger partial charge on any atom is -0.489 e. The van der Waals surface area contributed by atoms with E-state index >= 15 is 0 Å². The zero-order chi connectivity index (χ0) is 15.4. The van der Waals surface area contributed by atoms with Gasteiger partial charge in [0.2, 0.25) is 0 Å². The number of aryl methyl sites for hydroxylation is 1. The molecule has 1 unspecified atom stereocenters. The first-order valence-corrected chi connectivity index (χ1v) is 8.00. The maximum atomic E-state index is 6.08. The lowest BCUT2D eigenvalue weighted by Crippen LogP contribution is -2.42. The summed E-state index contributed by atoms with van der Waals surface area (Å²) >= 11 is 0. The highest BCUT2D eigenvalue weighted by atomic mass is 16.5. The SMILES string of the molecule is Cc1cc(N2CCCC(N)C2)ccc1OCc1ccccc1. The van der Waals surface area contributed by atoms with Crippen molar-refractivity contribution in [1.29, 1.82) is 0 Å². The highest BCUT2D eigenvalue weighted by molar-refractivity contribution is 5.53. The Morgan fingerprint density at radius 2 is 2.00 bits per heavy atom. The molecule has 0 bridgehead atoms. The first-order valence-electron chi connectivity index (χ1n) is 8.00. The minimum atomic E-state index is 0.295. The summed E-state index contributed by atoms with van der Waals surface area (Å²) in [4.78, 5) is 2.38. The lowest BCUT2D eigenvalue weighted by Gasteiger charge is -2.33. The molecule has 1 aliphatic heterocycles. The molecule has 1 atom stereocenters. The maximum Gasteiger partial charge on any atom is 0.122 e. The molecular weight excluding hydrogens is 272 g/mol. The van der Waals surface area contributed by atoms with Crippen LogP contribution < -0.4 is 15.4 Å². The Hall–Kier alpha value is -2.00. The van der Waals surface area contributed by atoms with Crippen LogP contribution in [0, 0.1) is 6.92 Å². The number of hydrogen-bond donors (Lipinski definition) is 1. The molecule has 0 aromatic heterocycles. The zero-order valence-electron chi connectivity index (χ0n) is 13.2. The highest BCUT2D eigenvalue weighted by Crippen LogP contribution is 2.27. The van der Waals surface area contributed by atoms with E-state index in [9.17, 15) is 0 Å². The van der Waals surface area contributed by atoms with E-state index in [1.54, 1.807) is 0 Å². The Balaban J connectivity index is 1.67. The summed E-state index contributed by atoms with van der Waals surface area (Å²) < 4.78 is 5.94. The second-order valence-electron chi connectivity index (χ2n) is 6.07. The van der Waals surface area contributed by atoms with Crippen molar-refractivity contribution in [3.8, 4) is 5.75 Å². The summed E-state index contributed by atoms with van der Waals surface area (Å²) in [5, 5.41) is 0. The van der Waals surface area contributed by atoms with E-state index in [4.69, 9.17) is 10.5 Å². The standard InChI is InChI=1S/C19H24N2O/c1-15-12-18(21-11-5-8-17(20)13-21)9-10-19(15)22-14-16-6-3-2-4-7-16/h2-4,6-7,9-10,12,17H,5,8,11,13-14,20H2,1H3. The first kappa shape index (κ1) is 14.9. The fourth-order valence-electron chi connectivity index (χ4n) is 2.97. The summed E-state index contributed by atoms with van der Waals surface area (Å²) in [7, 11) is 0. The monoisotopic (exact) mass is 296 g/mol. The third-order valence-corrected chi connectivity index (χ3v) is 4.22. The normalized spacial score (nSPS) is 18.3. The van der Waals surface area contributed by atoms with Crippen LogP contribution >= 0.6 is 0 Å². The molecule has 3 rings (SSSR count). The van der Waals surface area contributed by atoms with Crippen molar-refractivity contribution in [3.63, 3.8) is 0 Å². The van der Waals surface area contributed by atoms with Crippen LogP contribution in [0.15, 0.2) is 48.5 Å². The molecule has 0 amide bonds. The highest BCUT2D eigenvalue weighted by Gasteiger charge is 2.17. The van der Waals surface area contributed by atoms with E-state index in [1.807, 2.05) is 18.2 Å². The van der Waals surface area contributed by atoms with Gasteiger partial charge in [-0.15, -0.1) is 0 Å². The molecule has 1 saturated heterocycles.